The van der Waals surface area contributed by atoms with Gasteiger partial charge in [0.25, 0.3) is 0 Å². The van der Waals surface area contributed by atoms with Crippen LogP contribution in [0.3, 0.4) is 0 Å². The van der Waals surface area contributed by atoms with Gasteiger partial charge in [0.05, 0.1) is 6.61 Å². The summed E-state index contributed by atoms with van der Waals surface area (Å²) in [5, 5.41) is 5.43. The third kappa shape index (κ3) is 8.84. The molecule has 166 valence electrons. The second-order valence-electron chi connectivity index (χ2n) is 8.87. The summed E-state index contributed by atoms with van der Waals surface area (Å²) in [5.41, 5.74) is 1.45. The van der Waals surface area contributed by atoms with Crippen LogP contribution < -0.4 is 10.6 Å². The van der Waals surface area contributed by atoms with E-state index in [1.807, 2.05) is 12.1 Å². The first-order valence-corrected chi connectivity index (χ1v) is 10.6. The highest BCUT2D eigenvalue weighted by Gasteiger charge is 2.23. The lowest BCUT2D eigenvalue weighted by Crippen LogP contribution is -2.34. The van der Waals surface area contributed by atoms with E-state index in [0.717, 1.165) is 31.4 Å². The van der Waals surface area contributed by atoms with Crippen LogP contribution in [0.4, 0.5) is 10.5 Å². The number of ether oxygens (including phenoxy) is 2. The molecular formula is C23H34N2O5. The molecule has 0 unspecified atom stereocenters. The Morgan fingerprint density at radius 2 is 1.67 bits per heavy atom. The van der Waals surface area contributed by atoms with Gasteiger partial charge in [0.1, 0.15) is 5.60 Å². The zero-order chi connectivity index (χ0) is 22.1. The van der Waals surface area contributed by atoms with Gasteiger partial charge in [-0.15, -0.1) is 0 Å². The predicted octanol–water partition coefficient (Wildman–Crippen LogP) is 4.38. The quantitative estimate of drug-likeness (QED) is 0.641. The molecule has 7 heteroatoms. The number of hydrogen-bond donors (Lipinski definition) is 2. The highest BCUT2D eigenvalue weighted by Crippen LogP contribution is 2.36. The van der Waals surface area contributed by atoms with E-state index in [1.54, 1.807) is 20.8 Å². The fourth-order valence-corrected chi connectivity index (χ4v) is 3.55. The molecule has 1 aliphatic carbocycles. The van der Waals surface area contributed by atoms with E-state index in [2.05, 4.69) is 22.8 Å². The first-order chi connectivity index (χ1) is 14.1. The number of benzene rings is 1. The Morgan fingerprint density at radius 3 is 2.23 bits per heavy atom. The number of anilines is 1. The van der Waals surface area contributed by atoms with Crippen molar-refractivity contribution in [1.29, 1.82) is 0 Å². The summed E-state index contributed by atoms with van der Waals surface area (Å²) in [6.45, 7) is 7.56. The number of hydrogen-bond acceptors (Lipinski definition) is 5. The molecule has 1 aromatic rings. The summed E-state index contributed by atoms with van der Waals surface area (Å²) in [6, 6.07) is 7.95. The fraction of sp³-hybridized carbons (Fsp3) is 0.609. The van der Waals surface area contributed by atoms with Crippen molar-refractivity contribution in [2.45, 2.75) is 71.3 Å². The second-order valence-corrected chi connectivity index (χ2v) is 8.87. The van der Waals surface area contributed by atoms with Crippen molar-refractivity contribution in [3.05, 3.63) is 29.8 Å². The molecule has 0 aliphatic heterocycles. The Kier molecular flexibility index (Phi) is 8.69. The summed E-state index contributed by atoms with van der Waals surface area (Å²) < 4.78 is 10.3. The highest BCUT2D eigenvalue weighted by atomic mass is 16.6. The van der Waals surface area contributed by atoms with Crippen LogP contribution in [0, 0.1) is 5.92 Å². The number of alkyl carbamates (subject to hydrolysis) is 1. The number of amides is 2. The third-order valence-corrected chi connectivity index (χ3v) is 5.06. The largest absolute Gasteiger partial charge is 0.466 e. The Bertz CT molecular complexity index is 716. The van der Waals surface area contributed by atoms with Gasteiger partial charge < -0.3 is 20.1 Å². The van der Waals surface area contributed by atoms with Crippen molar-refractivity contribution in [2.75, 3.05) is 18.5 Å². The van der Waals surface area contributed by atoms with Gasteiger partial charge in [0.15, 0.2) is 0 Å². The van der Waals surface area contributed by atoms with Crippen molar-refractivity contribution in [1.82, 2.24) is 5.32 Å². The maximum atomic E-state index is 12.1. The highest BCUT2D eigenvalue weighted by molar-refractivity contribution is 5.91. The van der Waals surface area contributed by atoms with Gasteiger partial charge in [-0.05, 0) is 76.0 Å². The average molecular weight is 419 g/mol. The van der Waals surface area contributed by atoms with E-state index in [-0.39, 0.29) is 24.8 Å². The SMILES string of the molecule is CC(=O)OCC1CCC(c2ccc(NC(=O)CCNC(=O)OC(C)(C)C)cc2)CC1. The number of carbonyl (C=O) groups excluding carboxylic acids is 3. The lowest BCUT2D eigenvalue weighted by Gasteiger charge is -2.28. The standard InChI is InChI=1S/C23H34N2O5/c1-16(26)29-15-17-5-7-18(8-6-17)19-9-11-20(12-10-19)25-21(27)13-14-24-22(28)30-23(2,3)4/h9-12,17-18H,5-8,13-15H2,1-4H3,(H,24,28)(H,25,27). The summed E-state index contributed by atoms with van der Waals surface area (Å²) in [6.07, 6.45) is 3.92. The molecular weight excluding hydrogens is 384 g/mol. The van der Waals surface area contributed by atoms with Crippen LogP contribution >= 0.6 is 0 Å². The Hall–Kier alpha value is -2.57. The molecule has 1 aromatic carbocycles. The maximum absolute atomic E-state index is 12.1. The summed E-state index contributed by atoms with van der Waals surface area (Å²) in [7, 11) is 0. The van der Waals surface area contributed by atoms with E-state index < -0.39 is 11.7 Å². The number of nitrogens with one attached hydrogen (secondary N) is 2. The zero-order valence-corrected chi connectivity index (χ0v) is 18.5. The summed E-state index contributed by atoms with van der Waals surface area (Å²) in [5.74, 6) is 0.583. The van der Waals surface area contributed by atoms with Crippen molar-refractivity contribution >= 4 is 23.7 Å². The maximum Gasteiger partial charge on any atom is 0.407 e. The van der Waals surface area contributed by atoms with Gasteiger partial charge in [-0.2, -0.15) is 0 Å². The summed E-state index contributed by atoms with van der Waals surface area (Å²) in [4.78, 5) is 34.6. The summed E-state index contributed by atoms with van der Waals surface area (Å²) >= 11 is 0. The molecule has 1 aliphatic rings. The Balaban J connectivity index is 1.71. The van der Waals surface area contributed by atoms with Gasteiger partial charge >= 0.3 is 12.1 Å². The van der Waals surface area contributed by atoms with Crippen molar-refractivity contribution in [3.8, 4) is 0 Å². The third-order valence-electron chi connectivity index (χ3n) is 5.06. The fourth-order valence-electron chi connectivity index (χ4n) is 3.55. The molecule has 0 radical (unpaired) electrons. The zero-order valence-electron chi connectivity index (χ0n) is 18.5. The normalized spacial score (nSPS) is 18.9. The molecule has 7 nitrogen and oxygen atoms in total. The lowest BCUT2D eigenvalue weighted by molar-refractivity contribution is -0.142. The lowest BCUT2D eigenvalue weighted by atomic mass is 9.79. The average Bonchev–Trinajstić information content (AvgIpc) is 2.66. The Labute approximate surface area is 178 Å². The first-order valence-electron chi connectivity index (χ1n) is 10.6. The van der Waals surface area contributed by atoms with E-state index in [1.165, 1.54) is 12.5 Å². The van der Waals surface area contributed by atoms with Crippen molar-refractivity contribution in [2.24, 2.45) is 5.92 Å². The van der Waals surface area contributed by atoms with E-state index in [4.69, 9.17) is 9.47 Å². The van der Waals surface area contributed by atoms with Gasteiger partial charge in [-0.1, -0.05) is 12.1 Å². The minimum absolute atomic E-state index is 0.162. The van der Waals surface area contributed by atoms with Gasteiger partial charge in [0.2, 0.25) is 5.91 Å². The molecule has 0 aromatic heterocycles. The van der Waals surface area contributed by atoms with Crippen molar-refractivity contribution < 1.29 is 23.9 Å². The van der Waals surface area contributed by atoms with Gasteiger partial charge in [0, 0.05) is 25.6 Å². The molecule has 2 N–H and O–H groups in total. The van der Waals surface area contributed by atoms with Gasteiger partial charge in [-0.3, -0.25) is 9.59 Å². The van der Waals surface area contributed by atoms with Crippen LogP contribution in [0.5, 0.6) is 0 Å². The molecule has 0 atom stereocenters. The predicted molar refractivity (Wildman–Crippen MR) is 115 cm³/mol. The first kappa shape index (κ1) is 23.7. The topological polar surface area (TPSA) is 93.7 Å². The van der Waals surface area contributed by atoms with Crippen molar-refractivity contribution in [3.63, 3.8) is 0 Å². The smallest absolute Gasteiger partial charge is 0.407 e. The second kappa shape index (κ2) is 11.0. The van der Waals surface area contributed by atoms with Crippen LogP contribution in [0.2, 0.25) is 0 Å². The number of carbonyl (C=O) groups is 3. The molecule has 2 amide bonds. The van der Waals surface area contributed by atoms with Crippen LogP contribution in [-0.2, 0) is 19.1 Å². The molecule has 0 bridgehead atoms. The van der Waals surface area contributed by atoms with E-state index >= 15 is 0 Å². The van der Waals surface area contributed by atoms with Crippen LogP contribution in [0.25, 0.3) is 0 Å². The van der Waals surface area contributed by atoms with Crippen LogP contribution in [-0.4, -0.2) is 36.7 Å². The molecule has 0 saturated heterocycles. The molecule has 30 heavy (non-hydrogen) atoms. The monoisotopic (exact) mass is 418 g/mol. The number of esters is 1. The minimum atomic E-state index is -0.560. The molecule has 1 fully saturated rings. The molecule has 1 saturated carbocycles. The minimum Gasteiger partial charge on any atom is -0.466 e. The van der Waals surface area contributed by atoms with Gasteiger partial charge in [-0.25, -0.2) is 4.79 Å². The molecule has 0 spiro atoms. The molecule has 0 heterocycles. The van der Waals surface area contributed by atoms with Crippen LogP contribution in [0.15, 0.2) is 24.3 Å². The number of rotatable bonds is 7. The Morgan fingerprint density at radius 1 is 1.03 bits per heavy atom. The van der Waals surface area contributed by atoms with E-state index in [9.17, 15) is 14.4 Å². The van der Waals surface area contributed by atoms with Crippen LogP contribution in [0.1, 0.15) is 71.3 Å². The van der Waals surface area contributed by atoms with E-state index in [0.29, 0.717) is 18.4 Å². The molecule has 2 rings (SSSR count).